The molecule has 0 saturated heterocycles. The van der Waals surface area contributed by atoms with E-state index in [0.29, 0.717) is 24.0 Å². The van der Waals surface area contributed by atoms with Crippen LogP contribution < -0.4 is 0 Å². The van der Waals surface area contributed by atoms with Crippen LogP contribution in [-0.4, -0.2) is 38.3 Å². The zero-order valence-electron chi connectivity index (χ0n) is 11.2. The number of hydrogen-bond acceptors (Lipinski definition) is 5. The molecular weight excluding hydrogens is 316 g/mol. The number of aromatic amines is 1. The number of hydrogen-bond donors (Lipinski definition) is 1. The Morgan fingerprint density at radius 3 is 2.90 bits per heavy atom. The van der Waals surface area contributed by atoms with E-state index in [1.165, 1.54) is 23.1 Å². The molecule has 1 N–H and O–H groups in total. The largest absolute Gasteiger partial charge is 0.337 e. The summed E-state index contributed by atoms with van der Waals surface area (Å²) in [4.78, 5) is 19.2. The fourth-order valence-electron chi connectivity index (χ4n) is 1.61. The molecule has 2 aromatic rings. The average molecular weight is 331 g/mol. The van der Waals surface area contributed by atoms with E-state index >= 15 is 0 Å². The number of rotatable bonds is 6. The molecule has 0 radical (unpaired) electrons. The molecule has 1 amide bonds. The first kappa shape index (κ1) is 15.3. The van der Waals surface area contributed by atoms with Gasteiger partial charge in [0.15, 0.2) is 0 Å². The maximum absolute atomic E-state index is 12.2. The van der Waals surface area contributed by atoms with Gasteiger partial charge < -0.3 is 4.90 Å². The molecule has 20 heavy (non-hydrogen) atoms. The first-order valence-corrected chi connectivity index (χ1v) is 8.30. The summed E-state index contributed by atoms with van der Waals surface area (Å²) in [6.07, 6.45) is 0. The summed E-state index contributed by atoms with van der Waals surface area (Å²) < 4.78 is 0.745. The van der Waals surface area contributed by atoms with Crippen molar-refractivity contribution >= 4 is 40.6 Å². The number of nitrogens with zero attached hydrogens (tertiary/aromatic N) is 3. The Morgan fingerprint density at radius 2 is 2.35 bits per heavy atom. The smallest absolute Gasteiger partial charge is 0.233 e. The van der Waals surface area contributed by atoms with Gasteiger partial charge in [0.25, 0.3) is 0 Å². The van der Waals surface area contributed by atoms with Crippen molar-refractivity contribution in [3.8, 4) is 0 Å². The number of amides is 1. The molecule has 0 atom stereocenters. The third-order valence-electron chi connectivity index (χ3n) is 2.61. The predicted octanol–water partition coefficient (Wildman–Crippen LogP) is 2.97. The van der Waals surface area contributed by atoms with Gasteiger partial charge in [-0.05, 0) is 26.0 Å². The summed E-state index contributed by atoms with van der Waals surface area (Å²) in [5, 5.41) is 7.36. The summed E-state index contributed by atoms with van der Waals surface area (Å²) in [6.45, 7) is 5.06. The molecule has 0 saturated carbocycles. The highest BCUT2D eigenvalue weighted by molar-refractivity contribution is 7.99. The fraction of sp³-hybridized carbons (Fsp3) is 0.417. The van der Waals surface area contributed by atoms with Crippen molar-refractivity contribution in [3.05, 3.63) is 27.2 Å². The second kappa shape index (κ2) is 7.10. The van der Waals surface area contributed by atoms with Crippen LogP contribution in [0.5, 0.6) is 0 Å². The molecule has 2 aromatic heterocycles. The number of H-pyrrole nitrogens is 1. The summed E-state index contributed by atoms with van der Waals surface area (Å²) in [6, 6.07) is 3.81. The number of carbonyl (C=O) groups excluding carboxylic acids is 1. The lowest BCUT2D eigenvalue weighted by Gasteiger charge is -2.19. The van der Waals surface area contributed by atoms with E-state index in [0.717, 1.165) is 15.0 Å². The second-order valence-corrected chi connectivity index (χ2v) is 6.85. The second-order valence-electron chi connectivity index (χ2n) is 4.11. The van der Waals surface area contributed by atoms with Gasteiger partial charge >= 0.3 is 0 Å². The third-order valence-corrected chi connectivity index (χ3v) is 4.66. The third kappa shape index (κ3) is 4.22. The highest BCUT2D eigenvalue weighted by Crippen LogP contribution is 2.23. The molecule has 0 spiro atoms. The van der Waals surface area contributed by atoms with Crippen LogP contribution in [0.25, 0.3) is 0 Å². The number of halogens is 1. The Labute approximate surface area is 130 Å². The van der Waals surface area contributed by atoms with Crippen LogP contribution in [0.1, 0.15) is 17.6 Å². The molecule has 0 fully saturated rings. The highest BCUT2D eigenvalue weighted by Gasteiger charge is 2.14. The highest BCUT2D eigenvalue weighted by atomic mass is 35.5. The molecule has 2 rings (SSSR count). The zero-order valence-corrected chi connectivity index (χ0v) is 13.6. The van der Waals surface area contributed by atoms with Gasteiger partial charge in [0, 0.05) is 11.4 Å². The van der Waals surface area contributed by atoms with E-state index in [4.69, 9.17) is 11.6 Å². The summed E-state index contributed by atoms with van der Waals surface area (Å²) >= 11 is 8.74. The molecule has 0 aliphatic carbocycles. The lowest BCUT2D eigenvalue weighted by molar-refractivity contribution is -0.128. The lowest BCUT2D eigenvalue weighted by atomic mass is 10.4. The Morgan fingerprint density at radius 1 is 1.55 bits per heavy atom. The molecule has 0 unspecified atom stereocenters. The molecule has 5 nitrogen and oxygen atoms in total. The predicted molar refractivity (Wildman–Crippen MR) is 82.3 cm³/mol. The lowest BCUT2D eigenvalue weighted by Crippen LogP contribution is -2.31. The molecule has 0 aliphatic rings. The first-order valence-electron chi connectivity index (χ1n) is 6.12. The van der Waals surface area contributed by atoms with E-state index in [2.05, 4.69) is 15.2 Å². The van der Waals surface area contributed by atoms with Crippen LogP contribution in [0.2, 0.25) is 4.34 Å². The van der Waals surface area contributed by atoms with Crippen LogP contribution in [0.15, 0.2) is 17.3 Å². The van der Waals surface area contributed by atoms with Gasteiger partial charge in [0.1, 0.15) is 5.82 Å². The van der Waals surface area contributed by atoms with Gasteiger partial charge in [0.2, 0.25) is 11.1 Å². The number of aryl methyl sites for hydroxylation is 1. The molecule has 2 heterocycles. The fourth-order valence-corrected chi connectivity index (χ4v) is 3.46. The maximum atomic E-state index is 12.2. The number of nitrogens with one attached hydrogen (secondary N) is 1. The van der Waals surface area contributed by atoms with Crippen molar-refractivity contribution in [2.45, 2.75) is 25.5 Å². The summed E-state index contributed by atoms with van der Waals surface area (Å²) in [5.74, 6) is 1.16. The number of thioether (sulfide) groups is 1. The molecule has 108 valence electrons. The van der Waals surface area contributed by atoms with E-state index in [9.17, 15) is 4.79 Å². The summed E-state index contributed by atoms with van der Waals surface area (Å²) in [5.41, 5.74) is 0. The van der Waals surface area contributed by atoms with Crippen molar-refractivity contribution < 1.29 is 4.79 Å². The maximum Gasteiger partial charge on any atom is 0.233 e. The van der Waals surface area contributed by atoms with E-state index in [1.807, 2.05) is 26.0 Å². The van der Waals surface area contributed by atoms with Crippen molar-refractivity contribution in [1.29, 1.82) is 0 Å². The monoisotopic (exact) mass is 330 g/mol. The minimum absolute atomic E-state index is 0.0736. The number of carbonyl (C=O) groups is 1. The molecule has 0 aliphatic heterocycles. The Hall–Kier alpha value is -1.05. The quantitative estimate of drug-likeness (QED) is 0.827. The zero-order chi connectivity index (χ0) is 14.5. The topological polar surface area (TPSA) is 61.9 Å². The van der Waals surface area contributed by atoms with Crippen molar-refractivity contribution in [3.63, 3.8) is 0 Å². The normalized spacial score (nSPS) is 10.8. The van der Waals surface area contributed by atoms with Crippen molar-refractivity contribution in [2.75, 3.05) is 12.3 Å². The van der Waals surface area contributed by atoms with Crippen molar-refractivity contribution in [2.24, 2.45) is 0 Å². The minimum atomic E-state index is 0.0736. The van der Waals surface area contributed by atoms with Gasteiger partial charge in [-0.3, -0.25) is 9.89 Å². The summed E-state index contributed by atoms with van der Waals surface area (Å²) in [7, 11) is 0. The van der Waals surface area contributed by atoms with Crippen LogP contribution in [0.4, 0.5) is 0 Å². The van der Waals surface area contributed by atoms with Gasteiger partial charge in [0.05, 0.1) is 16.6 Å². The number of aromatic nitrogens is 3. The molecular formula is C12H15ClN4OS2. The Balaban J connectivity index is 1.88. The van der Waals surface area contributed by atoms with Gasteiger partial charge in [-0.2, -0.15) is 0 Å². The SMILES string of the molecule is CCN(Cc1ccc(Cl)s1)C(=O)CSc1n[nH]c(C)n1. The van der Waals surface area contributed by atoms with Crippen LogP contribution in [-0.2, 0) is 11.3 Å². The van der Waals surface area contributed by atoms with Crippen LogP contribution >= 0.6 is 34.7 Å². The Kier molecular flexibility index (Phi) is 5.45. The van der Waals surface area contributed by atoms with E-state index < -0.39 is 0 Å². The first-order chi connectivity index (χ1) is 9.58. The standard InChI is InChI=1S/C12H15ClN4OS2/c1-3-17(6-9-4-5-10(13)20-9)11(18)7-19-12-14-8(2)15-16-12/h4-5H,3,6-7H2,1-2H3,(H,14,15,16). The van der Waals surface area contributed by atoms with Gasteiger partial charge in [-0.15, -0.1) is 16.4 Å². The van der Waals surface area contributed by atoms with E-state index in [1.54, 1.807) is 4.90 Å². The molecule has 0 bridgehead atoms. The van der Waals surface area contributed by atoms with Crippen molar-refractivity contribution in [1.82, 2.24) is 20.1 Å². The van der Waals surface area contributed by atoms with Gasteiger partial charge in [-0.25, -0.2) is 4.98 Å². The molecule has 0 aromatic carbocycles. The van der Waals surface area contributed by atoms with Crippen LogP contribution in [0, 0.1) is 6.92 Å². The van der Waals surface area contributed by atoms with Crippen LogP contribution in [0.3, 0.4) is 0 Å². The number of thiophene rings is 1. The minimum Gasteiger partial charge on any atom is -0.337 e. The average Bonchev–Trinajstić information content (AvgIpc) is 3.02. The van der Waals surface area contributed by atoms with E-state index in [-0.39, 0.29) is 5.91 Å². The van der Waals surface area contributed by atoms with Gasteiger partial charge in [-0.1, -0.05) is 23.4 Å². The molecule has 8 heteroatoms. The Bertz CT molecular complexity index is 584.